The average Bonchev–Trinajstić information content (AvgIpc) is 2.10. The van der Waals surface area contributed by atoms with Gasteiger partial charge in [-0.2, -0.15) is 5.26 Å². The standard InChI is InChI=1S/C7H4BrClO.C2H3N/c8-6-1-2-7(9)5(3-6)4-10;1-2-3/h1-4H;1H3. The number of halogens is 2. The fourth-order valence-corrected chi connectivity index (χ4v) is 1.15. The Labute approximate surface area is 90.3 Å². The molecule has 0 unspecified atom stereocenters. The van der Waals surface area contributed by atoms with E-state index in [-0.39, 0.29) is 0 Å². The molecule has 0 amide bonds. The summed E-state index contributed by atoms with van der Waals surface area (Å²) in [6.07, 6.45) is 0.729. The maximum absolute atomic E-state index is 10.3. The van der Waals surface area contributed by atoms with E-state index in [1.165, 1.54) is 6.92 Å². The van der Waals surface area contributed by atoms with Gasteiger partial charge in [0.05, 0.1) is 11.1 Å². The minimum absolute atomic E-state index is 0.484. The molecule has 2 nitrogen and oxygen atoms in total. The van der Waals surface area contributed by atoms with Gasteiger partial charge in [0.2, 0.25) is 0 Å². The van der Waals surface area contributed by atoms with Gasteiger partial charge in [0, 0.05) is 17.0 Å². The van der Waals surface area contributed by atoms with Crippen LogP contribution in [0.25, 0.3) is 0 Å². The molecule has 0 atom stereocenters. The van der Waals surface area contributed by atoms with Crippen molar-refractivity contribution in [2.75, 3.05) is 0 Å². The highest BCUT2D eigenvalue weighted by Gasteiger charge is 1.97. The third kappa shape index (κ3) is 4.66. The van der Waals surface area contributed by atoms with Gasteiger partial charge in [-0.3, -0.25) is 4.79 Å². The summed E-state index contributed by atoms with van der Waals surface area (Å²) in [6, 6.07) is 6.89. The van der Waals surface area contributed by atoms with Gasteiger partial charge in [0.1, 0.15) is 0 Å². The summed E-state index contributed by atoms with van der Waals surface area (Å²) >= 11 is 8.86. The Bertz CT molecular complexity index is 333. The first-order valence-electron chi connectivity index (χ1n) is 3.36. The van der Waals surface area contributed by atoms with Gasteiger partial charge in [-0.15, -0.1) is 0 Å². The summed E-state index contributed by atoms with van der Waals surface area (Å²) in [5.74, 6) is 0. The number of carbonyl (C=O) groups is 1. The lowest BCUT2D eigenvalue weighted by Crippen LogP contribution is -1.79. The van der Waals surface area contributed by atoms with Crippen molar-refractivity contribution in [1.29, 1.82) is 5.26 Å². The van der Waals surface area contributed by atoms with Gasteiger partial charge < -0.3 is 0 Å². The summed E-state index contributed by atoms with van der Waals surface area (Å²) < 4.78 is 0.860. The molecule has 1 aromatic rings. The zero-order valence-electron chi connectivity index (χ0n) is 6.92. The molecular weight excluding hydrogens is 253 g/mol. The van der Waals surface area contributed by atoms with Crippen LogP contribution in [0, 0.1) is 11.3 Å². The van der Waals surface area contributed by atoms with E-state index in [2.05, 4.69) is 15.9 Å². The minimum atomic E-state index is 0.484. The first kappa shape index (κ1) is 12.2. The van der Waals surface area contributed by atoms with Gasteiger partial charge in [-0.05, 0) is 18.2 Å². The van der Waals surface area contributed by atoms with Crippen LogP contribution in [0.2, 0.25) is 5.02 Å². The van der Waals surface area contributed by atoms with E-state index in [0.29, 0.717) is 10.6 Å². The molecule has 0 fully saturated rings. The highest BCUT2D eigenvalue weighted by molar-refractivity contribution is 9.10. The van der Waals surface area contributed by atoms with Crippen molar-refractivity contribution < 1.29 is 4.79 Å². The SMILES string of the molecule is CC#N.O=Cc1cc(Br)ccc1Cl. The molecule has 0 radical (unpaired) electrons. The Balaban J connectivity index is 0.000000424. The van der Waals surface area contributed by atoms with Crippen molar-refractivity contribution in [2.45, 2.75) is 6.92 Å². The van der Waals surface area contributed by atoms with Crippen molar-refractivity contribution in [3.8, 4) is 6.07 Å². The minimum Gasteiger partial charge on any atom is -0.298 e. The molecule has 0 aliphatic carbocycles. The van der Waals surface area contributed by atoms with Crippen molar-refractivity contribution in [3.05, 3.63) is 33.3 Å². The number of carbonyl (C=O) groups excluding carboxylic acids is 1. The molecule has 0 heterocycles. The normalized spacial score (nSPS) is 7.85. The second kappa shape index (κ2) is 6.64. The third-order valence-electron chi connectivity index (χ3n) is 1.09. The highest BCUT2D eigenvalue weighted by atomic mass is 79.9. The zero-order valence-corrected chi connectivity index (χ0v) is 9.26. The van der Waals surface area contributed by atoms with Crippen LogP contribution in [-0.4, -0.2) is 6.29 Å². The predicted molar refractivity (Wildman–Crippen MR) is 55.8 cm³/mol. The second-order valence-electron chi connectivity index (χ2n) is 2.01. The van der Waals surface area contributed by atoms with Gasteiger partial charge in [-0.25, -0.2) is 0 Å². The van der Waals surface area contributed by atoms with Crippen molar-refractivity contribution in [2.24, 2.45) is 0 Å². The number of benzene rings is 1. The summed E-state index contributed by atoms with van der Waals surface area (Å²) in [4.78, 5) is 10.3. The fraction of sp³-hybridized carbons (Fsp3) is 0.111. The Morgan fingerprint density at radius 1 is 1.62 bits per heavy atom. The molecule has 68 valence electrons. The lowest BCUT2D eigenvalue weighted by molar-refractivity contribution is 0.112. The number of hydrogen-bond donors (Lipinski definition) is 0. The lowest BCUT2D eigenvalue weighted by atomic mass is 10.2. The highest BCUT2D eigenvalue weighted by Crippen LogP contribution is 2.18. The molecule has 0 bridgehead atoms. The Morgan fingerprint density at radius 3 is 2.54 bits per heavy atom. The number of aldehydes is 1. The van der Waals surface area contributed by atoms with E-state index in [0.717, 1.165) is 10.8 Å². The van der Waals surface area contributed by atoms with Crippen LogP contribution in [0.5, 0.6) is 0 Å². The first-order chi connectivity index (χ1) is 6.15. The van der Waals surface area contributed by atoms with E-state index < -0.39 is 0 Å². The van der Waals surface area contributed by atoms with E-state index in [1.54, 1.807) is 24.3 Å². The van der Waals surface area contributed by atoms with E-state index >= 15 is 0 Å². The van der Waals surface area contributed by atoms with Gasteiger partial charge in [0.15, 0.2) is 6.29 Å². The summed E-state index contributed by atoms with van der Waals surface area (Å²) in [6.45, 7) is 1.43. The van der Waals surface area contributed by atoms with Crippen LogP contribution < -0.4 is 0 Å². The van der Waals surface area contributed by atoms with Crippen LogP contribution in [0.1, 0.15) is 17.3 Å². The van der Waals surface area contributed by atoms with E-state index in [9.17, 15) is 4.79 Å². The topological polar surface area (TPSA) is 40.9 Å². The van der Waals surface area contributed by atoms with Crippen LogP contribution in [0.15, 0.2) is 22.7 Å². The molecule has 1 aromatic carbocycles. The summed E-state index contributed by atoms with van der Waals surface area (Å²) in [5, 5.41) is 7.80. The van der Waals surface area contributed by atoms with Crippen molar-refractivity contribution in [1.82, 2.24) is 0 Å². The fourth-order valence-electron chi connectivity index (χ4n) is 0.605. The molecule has 4 heteroatoms. The van der Waals surface area contributed by atoms with Crippen LogP contribution in [-0.2, 0) is 0 Å². The average molecular weight is 261 g/mol. The molecule has 0 N–H and O–H groups in total. The molecular formula is C9H7BrClNO. The number of nitrogens with zero attached hydrogens (tertiary/aromatic N) is 1. The molecule has 13 heavy (non-hydrogen) atoms. The Morgan fingerprint density at radius 2 is 2.15 bits per heavy atom. The van der Waals surface area contributed by atoms with Crippen LogP contribution >= 0.6 is 27.5 Å². The third-order valence-corrected chi connectivity index (χ3v) is 1.92. The molecule has 0 aromatic heterocycles. The molecule has 0 spiro atoms. The van der Waals surface area contributed by atoms with Crippen molar-refractivity contribution >= 4 is 33.8 Å². The molecule has 1 rings (SSSR count). The number of hydrogen-bond acceptors (Lipinski definition) is 2. The zero-order chi connectivity index (χ0) is 10.3. The van der Waals surface area contributed by atoms with Crippen LogP contribution in [0.3, 0.4) is 0 Å². The Kier molecular flexibility index (Phi) is 6.21. The largest absolute Gasteiger partial charge is 0.298 e. The van der Waals surface area contributed by atoms with E-state index in [1.807, 2.05) is 0 Å². The maximum atomic E-state index is 10.3. The summed E-state index contributed by atoms with van der Waals surface area (Å²) in [7, 11) is 0. The number of rotatable bonds is 1. The predicted octanol–water partition coefficient (Wildman–Crippen LogP) is 3.44. The number of nitriles is 1. The molecule has 0 saturated heterocycles. The molecule has 0 aliphatic heterocycles. The smallest absolute Gasteiger partial charge is 0.151 e. The van der Waals surface area contributed by atoms with Gasteiger partial charge in [0.25, 0.3) is 0 Å². The maximum Gasteiger partial charge on any atom is 0.151 e. The van der Waals surface area contributed by atoms with E-state index in [4.69, 9.17) is 16.9 Å². The lowest BCUT2D eigenvalue weighted by Gasteiger charge is -1.94. The monoisotopic (exact) mass is 259 g/mol. The van der Waals surface area contributed by atoms with Gasteiger partial charge >= 0.3 is 0 Å². The molecule has 0 aliphatic rings. The second-order valence-corrected chi connectivity index (χ2v) is 3.33. The molecule has 0 saturated carbocycles. The quantitative estimate of drug-likeness (QED) is 0.726. The Hall–Kier alpha value is -0.850. The first-order valence-corrected chi connectivity index (χ1v) is 4.53. The van der Waals surface area contributed by atoms with Crippen molar-refractivity contribution in [3.63, 3.8) is 0 Å². The summed E-state index contributed by atoms with van der Waals surface area (Å²) in [5.41, 5.74) is 0.510. The van der Waals surface area contributed by atoms with Crippen LogP contribution in [0.4, 0.5) is 0 Å². The van der Waals surface area contributed by atoms with Gasteiger partial charge in [-0.1, -0.05) is 27.5 Å².